The van der Waals surface area contributed by atoms with Crippen LogP contribution >= 0.6 is 61.3 Å². The van der Waals surface area contributed by atoms with Crippen molar-refractivity contribution in [2.75, 3.05) is 54.4 Å². The summed E-state index contributed by atoms with van der Waals surface area (Å²) in [7, 11) is -2.10. The third-order valence-corrected chi connectivity index (χ3v) is 24.9. The van der Waals surface area contributed by atoms with Gasteiger partial charge in [0.1, 0.15) is 35.8 Å². The van der Waals surface area contributed by atoms with Crippen molar-refractivity contribution in [1.82, 2.24) is 44.5 Å². The van der Waals surface area contributed by atoms with E-state index in [1.54, 1.807) is 89.4 Å². The largest absolute Gasteiger partial charge is 2.00 e. The van der Waals surface area contributed by atoms with Crippen molar-refractivity contribution in [2.24, 2.45) is 5.73 Å². The fourth-order valence-corrected chi connectivity index (χ4v) is 16.0. The number of Topliss-reactive ketones (excluding diaryl/α,β-unsaturated/α-hetero) is 4. The molecule has 128 heavy (non-hydrogen) atoms. The van der Waals surface area contributed by atoms with Crippen LogP contribution in [0.2, 0.25) is 0 Å². The Morgan fingerprint density at radius 1 is 0.484 bits per heavy atom. The number of carboxylic acids is 1. The first-order valence-corrected chi connectivity index (χ1v) is 45.0. The van der Waals surface area contributed by atoms with E-state index < -0.39 is 62.4 Å². The topological polar surface area (TPSA) is 477 Å². The first-order chi connectivity index (χ1) is 58.7. The number of aromatic carboxylic acids is 1. The number of hydrogen-bond donors (Lipinski definition) is 5. The molecular formula is C88H98BBrN14O17PdS6. The SMILES string of the molecule is CC(C)(C)OC(=O)NCC(=O)Cc1nc(-c2ccccc2C#N)cs1.CC(C)(C)OC(=O)NCC(=O)Cc1nc(Br)cs1.CC1(C)OB(c2ccccc2C#N)OC1(C)C.CN(C)S(=O)(=O)c1cccc(C(=O)NCC(=O)Cc2nc(-c3ccccc3C#N)cs2)c1.CN(C)S(=O)(=O)c1cccc(C(=O)O)c1.N#Cc1ccccc1-c1csc(CC(=O)CN)n1.[CH3-].[CH3-].[Pd+2]. The van der Waals surface area contributed by atoms with E-state index in [1.165, 1.54) is 116 Å². The number of carbonyl (C=O) groups is 8. The second-order valence-electron chi connectivity index (χ2n) is 30.1. The Morgan fingerprint density at radius 2 is 0.805 bits per heavy atom. The zero-order valence-corrected chi connectivity index (χ0v) is 81.1. The first-order valence-electron chi connectivity index (χ1n) is 37.8. The number of nitrogens with one attached hydrogen (secondary N) is 3. The van der Waals surface area contributed by atoms with E-state index in [-0.39, 0.29) is 142 Å². The van der Waals surface area contributed by atoms with Crippen molar-refractivity contribution < 1.29 is 99.5 Å². The van der Waals surface area contributed by atoms with Crippen LogP contribution in [0.15, 0.2) is 182 Å². The Kier molecular flexibility index (Phi) is 44.4. The normalized spacial score (nSPS) is 12.1. The quantitative estimate of drug-likeness (QED) is 0.0262. The van der Waals surface area contributed by atoms with Gasteiger partial charge < -0.3 is 60.4 Å². The Balaban J connectivity index is 0.000000402. The molecule has 31 nitrogen and oxygen atoms in total. The molecule has 1 saturated heterocycles. The van der Waals surface area contributed by atoms with Gasteiger partial charge in [-0.3, -0.25) is 24.0 Å². The standard InChI is InChI=1S/C22H20N4O4S2.C18H19N3O3S.C13H16BNO2.C13H11N3OS.C11H15BrN2O3S.C9H11NO4S.2CH3.Pd/c1-26(2)32(29,30)18-8-5-7-15(10-18)22(28)24-13-17(27)11-21-25-20(14-31-21)19-9-4-3-6-16(19)12-23;1-18(2,3)24-17(23)20-10-13(22)8-16-21-15(11-25-16)14-7-5-4-6-12(14)9-19;1-12(2)13(3,4)17-14(16-12)11-8-6-5-7-10(11)9-15;14-6-9-3-1-2-4-11(9)12-8-18-13(16-12)5-10(17)7-15;1-11(2,3)17-10(16)13-5-7(15)4-9-14-8(12)6-18-9;1-10(2)15(13,14)8-5-3-4-7(6-8)9(11)12;;;/h3-10,14H,11,13H2,1-2H3,(H,24,28);4-7,11H,8,10H2,1-3H3,(H,20,23);5-8H,1-4H3;1-4,8H,5,7,15H2;6H,4-5H2,1-3H3,(H,13,16);3-6H,1-2H3,(H,11,12);2*1H3;/q;;;;;;2*-1;+2. The van der Waals surface area contributed by atoms with E-state index in [0.29, 0.717) is 49.2 Å². The summed E-state index contributed by atoms with van der Waals surface area (Å²) in [6, 6.07) is 48.4. The van der Waals surface area contributed by atoms with Crippen molar-refractivity contribution in [2.45, 2.75) is 127 Å². The van der Waals surface area contributed by atoms with Crippen LogP contribution in [0.3, 0.4) is 0 Å². The van der Waals surface area contributed by atoms with Crippen LogP contribution in [0.1, 0.15) is 132 Å². The number of amides is 3. The van der Waals surface area contributed by atoms with Gasteiger partial charge in [-0.2, -0.15) is 21.0 Å². The molecule has 0 atom stereocenters. The maximum Gasteiger partial charge on any atom is 2.00 e. The summed E-state index contributed by atoms with van der Waals surface area (Å²) in [5.41, 5.74) is 10.7. The van der Waals surface area contributed by atoms with E-state index in [1.807, 2.05) is 98.4 Å². The number of thiazole rings is 4. The van der Waals surface area contributed by atoms with Gasteiger partial charge in [-0.25, -0.2) is 59.8 Å². The number of rotatable bonds is 25. The minimum Gasteiger partial charge on any atom is -0.478 e. The number of ketones is 4. The number of nitrogens with two attached hydrogens (primary N) is 1. The average Bonchev–Trinajstić information content (AvgIpc) is 1.62. The number of nitriles is 4. The minimum atomic E-state index is -3.67. The molecule has 0 radical (unpaired) electrons. The molecule has 1 fully saturated rings. The predicted octanol–water partition coefficient (Wildman–Crippen LogP) is 13.5. The van der Waals surface area contributed by atoms with E-state index >= 15 is 0 Å². The molecule has 3 amide bonds. The summed E-state index contributed by atoms with van der Waals surface area (Å²) < 4.78 is 72.5. The number of aromatic nitrogens is 4. The van der Waals surface area contributed by atoms with E-state index in [0.717, 1.165) is 51.6 Å². The number of nitrogens with zero attached hydrogens (tertiary/aromatic N) is 10. The number of alkyl carbamates (subject to hydrolysis) is 2. The van der Waals surface area contributed by atoms with Crippen molar-refractivity contribution in [3.05, 3.63) is 240 Å². The van der Waals surface area contributed by atoms with Crippen molar-refractivity contribution in [3.63, 3.8) is 0 Å². The van der Waals surface area contributed by atoms with Gasteiger partial charge >= 0.3 is 45.7 Å². The molecule has 678 valence electrons. The van der Waals surface area contributed by atoms with Gasteiger partial charge in [-0.05, 0) is 146 Å². The van der Waals surface area contributed by atoms with Gasteiger partial charge in [0.15, 0.2) is 23.1 Å². The van der Waals surface area contributed by atoms with Crippen LogP contribution in [0.5, 0.6) is 0 Å². The summed E-state index contributed by atoms with van der Waals surface area (Å²) in [5.74, 6) is -2.25. The van der Waals surface area contributed by atoms with Crippen LogP contribution in [0.4, 0.5) is 9.59 Å². The Hall–Kier alpha value is -11.1. The molecule has 0 spiro atoms. The fraction of sp³-hybridized carbons (Fsp3) is 0.295. The number of hydrogen-bond acceptors (Lipinski definition) is 29. The molecule has 0 unspecified atom stereocenters. The first kappa shape index (κ1) is 111. The molecule has 1 aliphatic heterocycles. The monoisotopic (exact) mass is 2010 g/mol. The third-order valence-electron chi connectivity index (χ3n) is 17.2. The zero-order chi connectivity index (χ0) is 92.8. The van der Waals surface area contributed by atoms with Gasteiger partial charge in [0.25, 0.3) is 5.91 Å². The molecule has 0 saturated carbocycles. The average molecular weight is 2010 g/mol. The van der Waals surface area contributed by atoms with Gasteiger partial charge in [-0.15, -0.1) is 45.3 Å². The molecule has 6 aromatic carbocycles. The maximum atomic E-state index is 12.4. The second-order valence-corrected chi connectivity index (χ2v) is 39.0. The van der Waals surface area contributed by atoms with Crippen molar-refractivity contribution in [1.29, 1.82) is 21.0 Å². The number of carboxylic acid groups (broad SMARTS) is 1. The second kappa shape index (κ2) is 51.2. The van der Waals surface area contributed by atoms with Crippen molar-refractivity contribution in [3.8, 4) is 58.0 Å². The van der Waals surface area contributed by atoms with Crippen LogP contribution < -0.4 is 27.1 Å². The zero-order valence-electron chi connectivity index (χ0n) is 73.1. The van der Waals surface area contributed by atoms with E-state index in [9.17, 15) is 60.5 Å². The Labute approximate surface area is 785 Å². The Morgan fingerprint density at radius 3 is 1.14 bits per heavy atom. The van der Waals surface area contributed by atoms with Crippen LogP contribution in [0, 0.1) is 60.2 Å². The summed E-state index contributed by atoms with van der Waals surface area (Å²) in [5, 5.41) is 62.5. The molecular weight excluding hydrogens is 1910 g/mol. The summed E-state index contributed by atoms with van der Waals surface area (Å²) in [6.45, 7) is 18.2. The number of carbonyl (C=O) groups excluding carboxylic acids is 7. The summed E-state index contributed by atoms with van der Waals surface area (Å²) in [4.78, 5) is 110. The summed E-state index contributed by atoms with van der Waals surface area (Å²) >= 11 is 8.68. The Bertz CT molecular complexity index is 5920. The molecule has 10 aromatic rings. The molecule has 1 aliphatic rings. The van der Waals surface area contributed by atoms with E-state index in [4.69, 9.17) is 45.4 Å². The van der Waals surface area contributed by atoms with E-state index in [2.05, 4.69) is 76.1 Å². The molecule has 4 aromatic heterocycles. The molecule has 0 aliphatic carbocycles. The molecule has 0 bridgehead atoms. The number of ether oxygens (including phenoxy) is 2. The van der Waals surface area contributed by atoms with Gasteiger partial charge in [0.05, 0.1) is 142 Å². The van der Waals surface area contributed by atoms with Gasteiger partial charge in [0.2, 0.25) is 20.0 Å². The predicted molar refractivity (Wildman–Crippen MR) is 493 cm³/mol. The van der Waals surface area contributed by atoms with Gasteiger partial charge in [-0.1, -0.05) is 84.9 Å². The fourth-order valence-electron chi connectivity index (χ4n) is 10.3. The van der Waals surface area contributed by atoms with Crippen molar-refractivity contribution >= 4 is 141 Å². The molecule has 11 rings (SSSR count). The number of sulfonamides is 2. The smallest absolute Gasteiger partial charge is 0.478 e. The number of halogens is 1. The molecule has 5 heterocycles. The molecule has 40 heteroatoms. The van der Waals surface area contributed by atoms with Crippen LogP contribution in [0.25, 0.3) is 33.8 Å². The summed E-state index contributed by atoms with van der Waals surface area (Å²) in [6.07, 6.45) is -0.578. The van der Waals surface area contributed by atoms with Crippen LogP contribution in [-0.4, -0.2) is 182 Å². The van der Waals surface area contributed by atoms with Crippen LogP contribution in [-0.2, 0) is 104 Å². The molecule has 6 N–H and O–H groups in total. The number of benzene rings is 6. The minimum absolute atomic E-state index is 0. The third kappa shape index (κ3) is 34.8. The maximum absolute atomic E-state index is 12.4. The van der Waals surface area contributed by atoms with Gasteiger partial charge in [0, 0.05) is 77.4 Å².